The van der Waals surface area contributed by atoms with Crippen molar-refractivity contribution in [3.63, 3.8) is 0 Å². The van der Waals surface area contributed by atoms with Crippen LogP contribution in [0.3, 0.4) is 0 Å². The molecule has 0 radical (unpaired) electrons. The van der Waals surface area contributed by atoms with Gasteiger partial charge in [-0.15, -0.1) is 5.10 Å². The van der Waals surface area contributed by atoms with Crippen LogP contribution < -0.4 is 9.47 Å². The third-order valence-electron chi connectivity index (χ3n) is 3.22. The molecule has 2 aromatic heterocycles. The van der Waals surface area contributed by atoms with E-state index in [1.54, 1.807) is 43.4 Å². The van der Waals surface area contributed by atoms with Crippen molar-refractivity contribution >= 4 is 23.2 Å². The van der Waals surface area contributed by atoms with Crippen molar-refractivity contribution in [2.75, 3.05) is 14.2 Å². The lowest BCUT2D eigenvalue weighted by atomic mass is 10.0. The molecule has 0 fully saturated rings. The van der Waals surface area contributed by atoms with Gasteiger partial charge in [-0.1, -0.05) is 28.4 Å². The smallest absolute Gasteiger partial charge is 0.221 e. The summed E-state index contributed by atoms with van der Waals surface area (Å²) in [5, 5.41) is 8.66. The minimum Gasteiger partial charge on any atom is -0.495 e. The Bertz CT molecular complexity index is 851. The molecule has 0 amide bonds. The van der Waals surface area contributed by atoms with E-state index in [-0.39, 0.29) is 0 Å². The summed E-state index contributed by atoms with van der Waals surface area (Å²) in [5.41, 5.74) is 2.22. The number of methoxy groups -OCH3 is 2. The maximum atomic E-state index is 6.16. The Labute approximate surface area is 142 Å². The Kier molecular flexibility index (Phi) is 4.36. The van der Waals surface area contributed by atoms with Crippen LogP contribution in [0.1, 0.15) is 0 Å². The number of hydrogen-bond acceptors (Lipinski definition) is 5. The first-order valence-electron chi connectivity index (χ1n) is 6.58. The average Bonchev–Trinajstić information content (AvgIpc) is 3.00. The van der Waals surface area contributed by atoms with Crippen LogP contribution >= 0.6 is 23.2 Å². The minimum absolute atomic E-state index is 0.293. The first-order chi connectivity index (χ1) is 11.1. The van der Waals surface area contributed by atoms with Gasteiger partial charge in [-0.2, -0.15) is 0 Å². The highest BCUT2D eigenvalue weighted by Gasteiger charge is 2.16. The number of halogens is 2. The minimum atomic E-state index is 0.293. The van der Waals surface area contributed by atoms with Crippen LogP contribution in [-0.2, 0) is 0 Å². The quantitative estimate of drug-likeness (QED) is 0.718. The number of aromatic nitrogens is 4. The molecule has 6 nitrogen and oxygen atoms in total. The number of rotatable bonds is 4. The molecular formula is C15H12Cl2N4O2. The molecule has 8 heteroatoms. The largest absolute Gasteiger partial charge is 0.495 e. The molecule has 118 valence electrons. The number of benzene rings is 1. The Morgan fingerprint density at radius 2 is 1.87 bits per heavy atom. The highest BCUT2D eigenvalue weighted by molar-refractivity contribution is 6.31. The SMILES string of the molecule is COc1cnc(OC)c(-c2cc(Cl)ccc2-n2cc(Cl)nn2)c1. The zero-order valence-electron chi connectivity index (χ0n) is 12.3. The Hall–Kier alpha value is -2.31. The topological polar surface area (TPSA) is 62.1 Å². The molecule has 0 aliphatic rings. The molecular weight excluding hydrogens is 339 g/mol. The van der Waals surface area contributed by atoms with E-state index in [0.717, 1.165) is 16.8 Å². The van der Waals surface area contributed by atoms with Crippen molar-refractivity contribution in [2.24, 2.45) is 0 Å². The normalized spacial score (nSPS) is 10.6. The zero-order valence-corrected chi connectivity index (χ0v) is 13.8. The molecule has 23 heavy (non-hydrogen) atoms. The van der Waals surface area contributed by atoms with E-state index in [0.29, 0.717) is 21.8 Å². The molecule has 0 atom stereocenters. The van der Waals surface area contributed by atoms with Crippen molar-refractivity contribution in [1.29, 1.82) is 0 Å². The Balaban J connectivity index is 2.25. The van der Waals surface area contributed by atoms with Crippen LogP contribution in [0, 0.1) is 0 Å². The van der Waals surface area contributed by atoms with E-state index in [1.165, 1.54) is 0 Å². The third kappa shape index (κ3) is 3.09. The number of hydrogen-bond donors (Lipinski definition) is 0. The summed E-state index contributed by atoms with van der Waals surface area (Å²) < 4.78 is 12.2. The second kappa shape index (κ2) is 6.44. The average molecular weight is 351 g/mol. The van der Waals surface area contributed by atoms with Gasteiger partial charge in [0.05, 0.1) is 32.3 Å². The summed E-state index contributed by atoms with van der Waals surface area (Å²) >= 11 is 12.0. The van der Waals surface area contributed by atoms with Crippen LogP contribution in [-0.4, -0.2) is 34.2 Å². The second-order valence-corrected chi connectivity index (χ2v) is 5.40. The van der Waals surface area contributed by atoms with Crippen molar-refractivity contribution in [3.8, 4) is 28.4 Å². The third-order valence-corrected chi connectivity index (χ3v) is 3.62. The van der Waals surface area contributed by atoms with Gasteiger partial charge < -0.3 is 9.47 Å². The van der Waals surface area contributed by atoms with Gasteiger partial charge in [-0.25, -0.2) is 9.67 Å². The summed E-state index contributed by atoms with van der Waals surface area (Å²) in [6.45, 7) is 0. The first kappa shape index (κ1) is 15.6. The van der Waals surface area contributed by atoms with Crippen LogP contribution in [0.25, 0.3) is 16.8 Å². The van der Waals surface area contributed by atoms with E-state index < -0.39 is 0 Å². The summed E-state index contributed by atoms with van der Waals surface area (Å²) in [6, 6.07) is 7.20. The standard InChI is InChI=1S/C15H12Cl2N4O2/c1-22-10-6-12(15(23-2)18-7-10)11-5-9(16)3-4-13(11)21-8-14(17)19-20-21/h3-8H,1-2H3. The van der Waals surface area contributed by atoms with Crippen molar-refractivity contribution in [3.05, 3.63) is 46.8 Å². The van der Waals surface area contributed by atoms with Gasteiger partial charge in [-0.05, 0) is 24.3 Å². The summed E-state index contributed by atoms with van der Waals surface area (Å²) in [7, 11) is 3.12. The number of nitrogens with zero attached hydrogens (tertiary/aromatic N) is 4. The van der Waals surface area contributed by atoms with E-state index in [1.807, 2.05) is 12.1 Å². The fraction of sp³-hybridized carbons (Fsp3) is 0.133. The first-order valence-corrected chi connectivity index (χ1v) is 7.34. The van der Waals surface area contributed by atoms with Crippen LogP contribution in [0.2, 0.25) is 10.2 Å². The summed E-state index contributed by atoms with van der Waals surface area (Å²) in [5.74, 6) is 1.05. The lowest BCUT2D eigenvalue weighted by Gasteiger charge is -2.13. The van der Waals surface area contributed by atoms with Crippen LogP contribution in [0.15, 0.2) is 36.7 Å². The van der Waals surface area contributed by atoms with Gasteiger partial charge in [0.1, 0.15) is 5.75 Å². The fourth-order valence-corrected chi connectivity index (χ4v) is 2.48. The molecule has 0 N–H and O–H groups in total. The molecule has 0 aliphatic carbocycles. The highest BCUT2D eigenvalue weighted by Crippen LogP contribution is 2.36. The molecule has 0 saturated carbocycles. The van der Waals surface area contributed by atoms with Crippen LogP contribution in [0.4, 0.5) is 0 Å². The summed E-state index contributed by atoms with van der Waals surface area (Å²) in [6.07, 6.45) is 3.19. The van der Waals surface area contributed by atoms with Crippen molar-refractivity contribution in [2.45, 2.75) is 0 Å². The van der Waals surface area contributed by atoms with Gasteiger partial charge in [0.2, 0.25) is 5.88 Å². The second-order valence-electron chi connectivity index (χ2n) is 4.58. The molecule has 1 aromatic carbocycles. The van der Waals surface area contributed by atoms with Crippen molar-refractivity contribution < 1.29 is 9.47 Å². The van der Waals surface area contributed by atoms with Crippen LogP contribution in [0.5, 0.6) is 11.6 Å². The zero-order chi connectivity index (χ0) is 16.4. The number of ether oxygens (including phenoxy) is 2. The molecule has 0 unspecified atom stereocenters. The molecule has 0 aliphatic heterocycles. The van der Waals surface area contributed by atoms with Gasteiger partial charge in [0, 0.05) is 16.1 Å². The van der Waals surface area contributed by atoms with Gasteiger partial charge in [-0.3, -0.25) is 0 Å². The predicted molar refractivity (Wildman–Crippen MR) is 87.7 cm³/mol. The van der Waals surface area contributed by atoms with E-state index >= 15 is 0 Å². The highest BCUT2D eigenvalue weighted by atomic mass is 35.5. The lowest BCUT2D eigenvalue weighted by Crippen LogP contribution is -2.00. The Morgan fingerprint density at radius 3 is 2.52 bits per heavy atom. The fourth-order valence-electron chi connectivity index (χ4n) is 2.19. The van der Waals surface area contributed by atoms with E-state index in [4.69, 9.17) is 32.7 Å². The molecule has 0 spiro atoms. The maximum absolute atomic E-state index is 6.16. The Morgan fingerprint density at radius 1 is 1.04 bits per heavy atom. The monoisotopic (exact) mass is 350 g/mol. The molecule has 3 rings (SSSR count). The number of pyridine rings is 1. The lowest BCUT2D eigenvalue weighted by molar-refractivity contribution is 0.389. The molecule has 0 saturated heterocycles. The van der Waals surface area contributed by atoms with Gasteiger partial charge in [0.25, 0.3) is 0 Å². The molecule has 2 heterocycles. The maximum Gasteiger partial charge on any atom is 0.221 e. The summed E-state index contributed by atoms with van der Waals surface area (Å²) in [4.78, 5) is 4.25. The van der Waals surface area contributed by atoms with Gasteiger partial charge in [0.15, 0.2) is 5.15 Å². The molecule has 3 aromatic rings. The van der Waals surface area contributed by atoms with E-state index in [2.05, 4.69) is 15.3 Å². The molecule has 0 bridgehead atoms. The van der Waals surface area contributed by atoms with Gasteiger partial charge >= 0.3 is 0 Å². The van der Waals surface area contributed by atoms with E-state index in [9.17, 15) is 0 Å². The van der Waals surface area contributed by atoms with Crippen molar-refractivity contribution in [1.82, 2.24) is 20.0 Å². The predicted octanol–water partition coefficient (Wildman–Crippen LogP) is 3.65.